The molecule has 4 rings (SSSR count). The van der Waals surface area contributed by atoms with Crippen molar-refractivity contribution in [1.82, 2.24) is 14.8 Å². The number of benzene rings is 3. The van der Waals surface area contributed by atoms with Gasteiger partial charge in [0.25, 0.3) is 5.91 Å². The van der Waals surface area contributed by atoms with Gasteiger partial charge in [-0.2, -0.15) is 4.98 Å². The molecule has 0 spiro atoms. The van der Waals surface area contributed by atoms with Crippen LogP contribution < -0.4 is 10.1 Å². The molecule has 1 aromatic heterocycles. The van der Waals surface area contributed by atoms with Crippen molar-refractivity contribution in [2.75, 3.05) is 11.9 Å². The van der Waals surface area contributed by atoms with Gasteiger partial charge in [0.15, 0.2) is 5.82 Å². The molecule has 0 unspecified atom stereocenters. The lowest BCUT2D eigenvalue weighted by molar-refractivity contribution is 0.102. The molecule has 31 heavy (non-hydrogen) atoms. The Morgan fingerprint density at radius 1 is 1.10 bits per heavy atom. The fraction of sp³-hybridized carbons (Fsp3) is 0.0870. The smallest absolute Gasteiger partial charge is 0.336 e. The number of carbonyl (C=O) groups excluding carboxylic acids is 1. The van der Waals surface area contributed by atoms with Crippen LogP contribution in [0.2, 0.25) is 0 Å². The summed E-state index contributed by atoms with van der Waals surface area (Å²) in [6.07, 6.45) is 0. The maximum Gasteiger partial charge on any atom is 0.336 e. The zero-order chi connectivity index (χ0) is 21.8. The predicted octanol–water partition coefficient (Wildman–Crippen LogP) is 5.49. The van der Waals surface area contributed by atoms with Crippen molar-refractivity contribution in [3.8, 4) is 23.1 Å². The molecule has 0 aliphatic rings. The Kier molecular flexibility index (Phi) is 6.08. The van der Waals surface area contributed by atoms with Crippen molar-refractivity contribution in [2.45, 2.75) is 6.92 Å². The molecule has 0 fully saturated rings. The zero-order valence-electron chi connectivity index (χ0n) is 16.5. The molecule has 6 nitrogen and oxygen atoms in total. The lowest BCUT2D eigenvalue weighted by Crippen LogP contribution is -2.12. The van der Waals surface area contributed by atoms with E-state index in [0.29, 0.717) is 34.9 Å². The number of rotatable bonds is 6. The number of anilines is 1. The van der Waals surface area contributed by atoms with Gasteiger partial charge in [-0.3, -0.25) is 4.79 Å². The van der Waals surface area contributed by atoms with E-state index in [0.717, 1.165) is 4.47 Å². The number of amides is 1. The van der Waals surface area contributed by atoms with Gasteiger partial charge >= 0.3 is 6.01 Å². The van der Waals surface area contributed by atoms with E-state index < -0.39 is 0 Å². The summed E-state index contributed by atoms with van der Waals surface area (Å²) in [5, 5.41) is 7.26. The molecule has 0 saturated heterocycles. The van der Waals surface area contributed by atoms with Crippen molar-refractivity contribution in [3.05, 3.63) is 88.6 Å². The van der Waals surface area contributed by atoms with Crippen LogP contribution >= 0.6 is 15.9 Å². The Morgan fingerprint density at radius 2 is 1.87 bits per heavy atom. The summed E-state index contributed by atoms with van der Waals surface area (Å²) in [5.74, 6) is -0.136. The number of nitrogens with zero attached hydrogens (tertiary/aromatic N) is 3. The quantitative estimate of drug-likeness (QED) is 0.396. The molecular formula is C23H18BrFN4O2. The van der Waals surface area contributed by atoms with Crippen LogP contribution in [0.15, 0.2) is 77.3 Å². The van der Waals surface area contributed by atoms with Crippen LogP contribution in [0.5, 0.6) is 6.01 Å². The summed E-state index contributed by atoms with van der Waals surface area (Å²) in [6.45, 7) is 2.25. The fourth-order valence-corrected chi connectivity index (χ4v) is 3.47. The van der Waals surface area contributed by atoms with E-state index >= 15 is 0 Å². The summed E-state index contributed by atoms with van der Waals surface area (Å²) in [5.41, 5.74) is 2.43. The van der Waals surface area contributed by atoms with Gasteiger partial charge in [0, 0.05) is 15.7 Å². The van der Waals surface area contributed by atoms with Crippen LogP contribution in [0, 0.1) is 5.82 Å². The third kappa shape index (κ3) is 4.64. The van der Waals surface area contributed by atoms with Crippen molar-refractivity contribution < 1.29 is 13.9 Å². The number of carbonyl (C=O) groups is 1. The summed E-state index contributed by atoms with van der Waals surface area (Å²) in [6, 6.07) is 20.7. The lowest BCUT2D eigenvalue weighted by Gasteiger charge is -2.09. The molecule has 0 atom stereocenters. The van der Waals surface area contributed by atoms with E-state index in [9.17, 15) is 9.18 Å². The van der Waals surface area contributed by atoms with Crippen molar-refractivity contribution >= 4 is 27.5 Å². The molecule has 8 heteroatoms. The Labute approximate surface area is 186 Å². The van der Waals surface area contributed by atoms with Crippen LogP contribution in [-0.2, 0) is 0 Å². The minimum Gasteiger partial charge on any atom is -0.463 e. The number of aromatic nitrogens is 3. The zero-order valence-corrected chi connectivity index (χ0v) is 18.1. The van der Waals surface area contributed by atoms with Crippen molar-refractivity contribution in [1.29, 1.82) is 0 Å². The average molecular weight is 481 g/mol. The van der Waals surface area contributed by atoms with Crippen LogP contribution in [0.3, 0.4) is 0 Å². The Balaban J connectivity index is 1.63. The van der Waals surface area contributed by atoms with Crippen LogP contribution in [0.1, 0.15) is 17.3 Å². The van der Waals surface area contributed by atoms with Gasteiger partial charge in [-0.25, -0.2) is 9.07 Å². The van der Waals surface area contributed by atoms with E-state index in [1.54, 1.807) is 53.2 Å². The first-order valence-electron chi connectivity index (χ1n) is 9.57. The number of hydrogen-bond donors (Lipinski definition) is 1. The Morgan fingerprint density at radius 3 is 2.58 bits per heavy atom. The van der Waals surface area contributed by atoms with E-state index in [1.165, 1.54) is 12.1 Å². The Hall–Kier alpha value is -3.52. The van der Waals surface area contributed by atoms with E-state index in [-0.39, 0.29) is 17.7 Å². The maximum absolute atomic E-state index is 13.8. The SMILES string of the molecule is CCOc1nc(-c2cccc(F)c2)n(-c2ccc(NC(=O)c3ccccc3Br)cc2)n1. The van der Waals surface area contributed by atoms with Gasteiger partial charge in [-0.15, -0.1) is 5.10 Å². The first kappa shape index (κ1) is 20.7. The number of halogens is 2. The lowest BCUT2D eigenvalue weighted by atomic mass is 10.2. The van der Waals surface area contributed by atoms with Gasteiger partial charge in [0.05, 0.1) is 17.9 Å². The Bertz CT molecular complexity index is 1220. The van der Waals surface area contributed by atoms with Crippen molar-refractivity contribution in [2.24, 2.45) is 0 Å². The highest BCUT2D eigenvalue weighted by molar-refractivity contribution is 9.10. The molecule has 1 heterocycles. The number of ether oxygens (including phenoxy) is 1. The highest BCUT2D eigenvalue weighted by Crippen LogP contribution is 2.25. The molecule has 4 aromatic rings. The van der Waals surface area contributed by atoms with E-state index in [2.05, 4.69) is 31.3 Å². The number of nitrogens with one attached hydrogen (secondary N) is 1. The molecule has 3 aromatic carbocycles. The van der Waals surface area contributed by atoms with Crippen molar-refractivity contribution in [3.63, 3.8) is 0 Å². The molecule has 0 radical (unpaired) electrons. The summed E-state index contributed by atoms with van der Waals surface area (Å²) in [4.78, 5) is 16.9. The van der Waals surface area contributed by atoms with Crippen LogP contribution in [0.4, 0.5) is 10.1 Å². The predicted molar refractivity (Wildman–Crippen MR) is 120 cm³/mol. The second-order valence-electron chi connectivity index (χ2n) is 6.55. The molecular weight excluding hydrogens is 463 g/mol. The highest BCUT2D eigenvalue weighted by Gasteiger charge is 2.16. The van der Waals surface area contributed by atoms with Crippen LogP contribution in [-0.4, -0.2) is 27.3 Å². The van der Waals surface area contributed by atoms with Gasteiger partial charge in [0.1, 0.15) is 5.82 Å². The molecule has 0 saturated carbocycles. The summed E-state index contributed by atoms with van der Waals surface area (Å²) < 4.78 is 21.5. The monoisotopic (exact) mass is 480 g/mol. The molecule has 1 N–H and O–H groups in total. The minimum absolute atomic E-state index is 0.202. The summed E-state index contributed by atoms with van der Waals surface area (Å²) in [7, 11) is 0. The topological polar surface area (TPSA) is 69.0 Å². The average Bonchev–Trinajstić information content (AvgIpc) is 3.19. The second-order valence-corrected chi connectivity index (χ2v) is 7.41. The maximum atomic E-state index is 13.8. The molecule has 0 aliphatic carbocycles. The minimum atomic E-state index is -0.366. The largest absolute Gasteiger partial charge is 0.463 e. The highest BCUT2D eigenvalue weighted by atomic mass is 79.9. The standard InChI is InChI=1S/C23H18BrFN4O2/c1-2-31-23-27-21(15-6-5-7-16(25)14-15)29(28-23)18-12-10-17(11-13-18)26-22(30)19-8-3-4-9-20(19)24/h3-14H,2H2,1H3,(H,26,30). The van der Waals surface area contributed by atoms with Gasteiger partial charge in [-0.1, -0.05) is 24.3 Å². The first-order valence-corrected chi connectivity index (χ1v) is 10.4. The first-order chi connectivity index (χ1) is 15.0. The van der Waals surface area contributed by atoms with Gasteiger partial charge in [0.2, 0.25) is 0 Å². The fourth-order valence-electron chi connectivity index (χ4n) is 3.01. The van der Waals surface area contributed by atoms with Gasteiger partial charge in [-0.05, 0) is 71.4 Å². The third-order valence-electron chi connectivity index (χ3n) is 4.43. The van der Waals surface area contributed by atoms with Crippen LogP contribution in [0.25, 0.3) is 17.1 Å². The molecule has 0 aliphatic heterocycles. The molecule has 1 amide bonds. The molecule has 0 bridgehead atoms. The van der Waals surface area contributed by atoms with E-state index in [1.807, 2.05) is 19.1 Å². The third-order valence-corrected chi connectivity index (χ3v) is 5.12. The normalized spacial score (nSPS) is 10.7. The second kappa shape index (κ2) is 9.09. The summed E-state index contributed by atoms with van der Waals surface area (Å²) >= 11 is 3.38. The molecule has 156 valence electrons. The van der Waals surface area contributed by atoms with E-state index in [4.69, 9.17) is 4.74 Å². The van der Waals surface area contributed by atoms with Gasteiger partial charge < -0.3 is 10.1 Å². The number of hydrogen-bond acceptors (Lipinski definition) is 4.